The summed E-state index contributed by atoms with van der Waals surface area (Å²) in [6.07, 6.45) is 1.27. The van der Waals surface area contributed by atoms with Crippen LogP contribution in [0.5, 0.6) is 5.75 Å². The molecule has 0 radical (unpaired) electrons. The summed E-state index contributed by atoms with van der Waals surface area (Å²) >= 11 is 6.01. The first-order valence-electron chi connectivity index (χ1n) is 7.68. The van der Waals surface area contributed by atoms with Crippen LogP contribution >= 0.6 is 11.6 Å². The topological polar surface area (TPSA) is 100 Å². The Labute approximate surface area is 161 Å². The minimum absolute atomic E-state index is 0.140. The lowest BCUT2D eigenvalue weighted by atomic mass is 10.2. The number of esters is 1. The zero-order chi connectivity index (χ0) is 19.8. The fraction of sp³-hybridized carbons (Fsp3) is 0.105. The Kier molecular flexibility index (Phi) is 6.80. The molecule has 27 heavy (non-hydrogen) atoms. The van der Waals surface area contributed by atoms with E-state index in [9.17, 15) is 14.9 Å². The molecular formula is C19H16ClN3O4. The lowest BCUT2D eigenvalue weighted by Crippen LogP contribution is -2.14. The summed E-state index contributed by atoms with van der Waals surface area (Å²) in [5.74, 6) is -0.576. The second kappa shape index (κ2) is 9.27. The van der Waals surface area contributed by atoms with Gasteiger partial charge in [0.1, 0.15) is 17.4 Å². The Morgan fingerprint density at radius 2 is 1.78 bits per heavy atom. The van der Waals surface area contributed by atoms with Gasteiger partial charge in [0.25, 0.3) is 5.91 Å². The fourth-order valence-corrected chi connectivity index (χ4v) is 2.32. The zero-order valence-electron chi connectivity index (χ0n) is 14.6. The van der Waals surface area contributed by atoms with Crippen LogP contribution in [0.4, 0.5) is 11.4 Å². The summed E-state index contributed by atoms with van der Waals surface area (Å²) in [5, 5.41) is 15.0. The molecule has 0 fully saturated rings. The van der Waals surface area contributed by atoms with Crippen LogP contribution in [0.1, 0.15) is 10.4 Å². The molecule has 0 saturated heterocycles. The second-order valence-corrected chi connectivity index (χ2v) is 5.59. The molecule has 8 heteroatoms. The number of benzene rings is 2. The number of nitrogens with zero attached hydrogens (tertiary/aromatic N) is 1. The van der Waals surface area contributed by atoms with Crippen molar-refractivity contribution in [1.29, 1.82) is 5.26 Å². The van der Waals surface area contributed by atoms with Gasteiger partial charge in [0.05, 0.1) is 24.8 Å². The summed E-state index contributed by atoms with van der Waals surface area (Å²) in [6, 6.07) is 12.9. The molecule has 2 aromatic carbocycles. The quantitative estimate of drug-likeness (QED) is 0.447. The molecule has 0 heterocycles. The molecule has 0 atom stereocenters. The van der Waals surface area contributed by atoms with Gasteiger partial charge in [0.2, 0.25) is 0 Å². The highest BCUT2D eigenvalue weighted by molar-refractivity contribution is 6.32. The molecule has 0 unspecified atom stereocenters. The minimum Gasteiger partial charge on any atom is -0.495 e. The number of hydrogen-bond acceptors (Lipinski definition) is 6. The van der Waals surface area contributed by atoms with Crippen molar-refractivity contribution in [3.8, 4) is 11.8 Å². The van der Waals surface area contributed by atoms with Gasteiger partial charge in [-0.1, -0.05) is 11.6 Å². The smallest absolute Gasteiger partial charge is 0.337 e. The molecule has 1 amide bonds. The Hall–Kier alpha value is -3.50. The number of anilines is 2. The van der Waals surface area contributed by atoms with Gasteiger partial charge in [-0.05, 0) is 42.5 Å². The van der Waals surface area contributed by atoms with Crippen molar-refractivity contribution in [2.24, 2.45) is 0 Å². The summed E-state index contributed by atoms with van der Waals surface area (Å²) in [7, 11) is 2.78. The van der Waals surface area contributed by atoms with E-state index in [0.29, 0.717) is 27.7 Å². The Balaban J connectivity index is 2.07. The molecule has 0 spiro atoms. The van der Waals surface area contributed by atoms with Gasteiger partial charge in [0, 0.05) is 17.6 Å². The first-order valence-corrected chi connectivity index (χ1v) is 8.06. The van der Waals surface area contributed by atoms with Crippen LogP contribution in [0.3, 0.4) is 0 Å². The van der Waals surface area contributed by atoms with E-state index in [-0.39, 0.29) is 5.57 Å². The van der Waals surface area contributed by atoms with Crippen molar-refractivity contribution in [2.45, 2.75) is 0 Å². The summed E-state index contributed by atoms with van der Waals surface area (Å²) in [5.41, 5.74) is 1.27. The van der Waals surface area contributed by atoms with Gasteiger partial charge >= 0.3 is 5.97 Å². The van der Waals surface area contributed by atoms with E-state index in [1.165, 1.54) is 26.5 Å². The van der Waals surface area contributed by atoms with Gasteiger partial charge < -0.3 is 20.1 Å². The van der Waals surface area contributed by atoms with E-state index in [0.717, 1.165) is 0 Å². The average Bonchev–Trinajstić information content (AvgIpc) is 2.68. The van der Waals surface area contributed by atoms with E-state index in [1.54, 1.807) is 36.4 Å². The minimum atomic E-state index is -0.600. The van der Waals surface area contributed by atoms with Crippen LogP contribution in [-0.4, -0.2) is 26.1 Å². The molecule has 0 aliphatic heterocycles. The Morgan fingerprint density at radius 3 is 2.33 bits per heavy atom. The van der Waals surface area contributed by atoms with Crippen molar-refractivity contribution < 1.29 is 19.1 Å². The van der Waals surface area contributed by atoms with E-state index in [4.69, 9.17) is 16.3 Å². The zero-order valence-corrected chi connectivity index (χ0v) is 15.3. The number of nitrogens with one attached hydrogen (secondary N) is 2. The maximum atomic E-state index is 12.2. The third kappa shape index (κ3) is 5.23. The predicted molar refractivity (Wildman–Crippen MR) is 102 cm³/mol. The van der Waals surface area contributed by atoms with E-state index in [2.05, 4.69) is 15.4 Å². The van der Waals surface area contributed by atoms with Crippen LogP contribution in [-0.2, 0) is 9.53 Å². The molecule has 7 nitrogen and oxygen atoms in total. The number of amides is 1. The number of methoxy groups -OCH3 is 2. The van der Waals surface area contributed by atoms with Gasteiger partial charge in [0.15, 0.2) is 0 Å². The Morgan fingerprint density at radius 1 is 1.11 bits per heavy atom. The highest BCUT2D eigenvalue weighted by atomic mass is 35.5. The van der Waals surface area contributed by atoms with Gasteiger partial charge in [-0.2, -0.15) is 5.26 Å². The molecule has 0 saturated carbocycles. The number of nitriles is 1. The Bertz CT molecular complexity index is 918. The van der Waals surface area contributed by atoms with Crippen LogP contribution in [0.15, 0.2) is 54.2 Å². The van der Waals surface area contributed by atoms with Crippen LogP contribution < -0.4 is 15.4 Å². The van der Waals surface area contributed by atoms with Gasteiger partial charge in [-0.15, -0.1) is 0 Å². The maximum Gasteiger partial charge on any atom is 0.337 e. The number of hydrogen-bond donors (Lipinski definition) is 2. The SMILES string of the molecule is COC(=O)c1ccc(N/C=C(/C#N)C(=O)Nc2ccc(OC)c(Cl)c2)cc1. The maximum absolute atomic E-state index is 12.2. The van der Waals surface area contributed by atoms with Crippen molar-refractivity contribution in [2.75, 3.05) is 24.9 Å². The number of carbonyl (C=O) groups excluding carboxylic acids is 2. The number of carbonyl (C=O) groups is 2. The van der Waals surface area contributed by atoms with Crippen LogP contribution in [0.25, 0.3) is 0 Å². The lowest BCUT2D eigenvalue weighted by molar-refractivity contribution is -0.112. The van der Waals surface area contributed by atoms with Crippen molar-refractivity contribution in [3.63, 3.8) is 0 Å². The van der Waals surface area contributed by atoms with Gasteiger partial charge in [-0.3, -0.25) is 4.79 Å². The third-order valence-electron chi connectivity index (χ3n) is 3.46. The first kappa shape index (κ1) is 19.8. The highest BCUT2D eigenvalue weighted by Crippen LogP contribution is 2.27. The highest BCUT2D eigenvalue weighted by Gasteiger charge is 2.11. The molecule has 2 aromatic rings. The molecule has 2 N–H and O–H groups in total. The van der Waals surface area contributed by atoms with E-state index >= 15 is 0 Å². The molecule has 2 rings (SSSR count). The van der Waals surface area contributed by atoms with Crippen LogP contribution in [0.2, 0.25) is 5.02 Å². The molecule has 0 aliphatic carbocycles. The monoisotopic (exact) mass is 385 g/mol. The van der Waals surface area contributed by atoms with Crippen molar-refractivity contribution in [1.82, 2.24) is 0 Å². The second-order valence-electron chi connectivity index (χ2n) is 5.19. The van der Waals surface area contributed by atoms with Crippen LogP contribution in [0, 0.1) is 11.3 Å². The third-order valence-corrected chi connectivity index (χ3v) is 3.76. The molecule has 0 bridgehead atoms. The summed E-state index contributed by atoms with van der Waals surface area (Å²) < 4.78 is 9.66. The standard InChI is InChI=1S/C19H16ClN3O4/c1-26-17-8-7-15(9-16(17)20)23-18(24)13(10-21)11-22-14-5-3-12(4-6-14)19(25)27-2/h3-9,11,22H,1-2H3,(H,23,24)/b13-11-. The fourth-order valence-electron chi connectivity index (χ4n) is 2.07. The molecular weight excluding hydrogens is 370 g/mol. The molecule has 138 valence electrons. The number of halogens is 1. The summed E-state index contributed by atoms with van der Waals surface area (Å²) in [4.78, 5) is 23.6. The average molecular weight is 386 g/mol. The van der Waals surface area contributed by atoms with E-state index in [1.807, 2.05) is 6.07 Å². The largest absolute Gasteiger partial charge is 0.495 e. The first-order chi connectivity index (χ1) is 13.0. The summed E-state index contributed by atoms with van der Waals surface area (Å²) in [6.45, 7) is 0. The van der Waals surface area contributed by atoms with E-state index < -0.39 is 11.9 Å². The number of ether oxygens (including phenoxy) is 2. The molecule has 0 aliphatic rings. The molecule has 0 aromatic heterocycles. The van der Waals surface area contributed by atoms with Gasteiger partial charge in [-0.25, -0.2) is 4.79 Å². The normalized spacial score (nSPS) is 10.5. The predicted octanol–water partition coefficient (Wildman–Crippen LogP) is 3.59. The van der Waals surface area contributed by atoms with Crippen molar-refractivity contribution >= 4 is 34.9 Å². The number of rotatable bonds is 6. The lowest BCUT2D eigenvalue weighted by Gasteiger charge is -2.08. The van der Waals surface area contributed by atoms with Crippen molar-refractivity contribution in [3.05, 3.63) is 64.8 Å².